The third-order valence-electron chi connectivity index (χ3n) is 3.93. The highest BCUT2D eigenvalue weighted by Crippen LogP contribution is 2.39. The highest BCUT2D eigenvalue weighted by molar-refractivity contribution is 9.08. The fourth-order valence-corrected chi connectivity index (χ4v) is 3.23. The summed E-state index contributed by atoms with van der Waals surface area (Å²) in [6, 6.07) is 4.90. The van der Waals surface area contributed by atoms with E-state index in [1.807, 2.05) is 11.8 Å². The third kappa shape index (κ3) is 3.30. The quantitative estimate of drug-likeness (QED) is 0.663. The van der Waals surface area contributed by atoms with E-state index >= 15 is 0 Å². The molecule has 1 aromatic rings. The molecule has 1 aromatic carbocycles. The molecule has 0 aromatic heterocycles. The van der Waals surface area contributed by atoms with Gasteiger partial charge >= 0.3 is 6.18 Å². The number of benzene rings is 1. The fourth-order valence-electron chi connectivity index (χ4n) is 2.89. The lowest BCUT2D eigenvalue weighted by molar-refractivity contribution is -0.137. The molecule has 1 heterocycles. The Morgan fingerprint density at radius 1 is 1.30 bits per heavy atom. The Balaban J connectivity index is 2.44. The van der Waals surface area contributed by atoms with E-state index in [1.54, 1.807) is 12.1 Å². The number of halogens is 4. The molecule has 0 radical (unpaired) electrons. The summed E-state index contributed by atoms with van der Waals surface area (Å²) in [6.45, 7) is 2.76. The molecule has 1 fully saturated rings. The van der Waals surface area contributed by atoms with Gasteiger partial charge in [-0.2, -0.15) is 13.2 Å². The molecular formula is C15H19BrF3N. The molecule has 1 saturated heterocycles. The lowest BCUT2D eigenvalue weighted by Gasteiger charge is -2.38. The molecule has 1 aliphatic rings. The predicted molar refractivity (Wildman–Crippen MR) is 79.4 cm³/mol. The van der Waals surface area contributed by atoms with Crippen LogP contribution in [-0.4, -0.2) is 12.6 Å². The van der Waals surface area contributed by atoms with Crippen LogP contribution in [0.5, 0.6) is 0 Å². The molecule has 20 heavy (non-hydrogen) atoms. The normalized spacial score (nSPS) is 20.2. The van der Waals surface area contributed by atoms with Gasteiger partial charge in [-0.3, -0.25) is 0 Å². The standard InChI is InChI=1S/C15H19BrF3N/c1-2-12-5-3-4-8-20(12)14-7-6-11(10-16)9-13(14)15(17,18)19/h6-7,9,12H,2-5,8,10H2,1H3. The SMILES string of the molecule is CCC1CCCCN1c1ccc(CBr)cc1C(F)(F)F. The fraction of sp³-hybridized carbons (Fsp3) is 0.600. The Morgan fingerprint density at radius 2 is 2.05 bits per heavy atom. The van der Waals surface area contributed by atoms with E-state index < -0.39 is 11.7 Å². The molecule has 1 atom stereocenters. The third-order valence-corrected chi connectivity index (χ3v) is 4.58. The molecule has 0 spiro atoms. The smallest absolute Gasteiger partial charge is 0.368 e. The van der Waals surface area contributed by atoms with Gasteiger partial charge in [0.25, 0.3) is 0 Å². The number of hydrogen-bond acceptors (Lipinski definition) is 1. The number of anilines is 1. The molecule has 0 aliphatic carbocycles. The Kier molecular flexibility index (Phi) is 4.99. The second kappa shape index (κ2) is 6.37. The Morgan fingerprint density at radius 3 is 2.65 bits per heavy atom. The minimum absolute atomic E-state index is 0.222. The molecule has 1 aliphatic heterocycles. The van der Waals surface area contributed by atoms with Crippen LogP contribution in [0.3, 0.4) is 0 Å². The number of alkyl halides is 4. The van der Waals surface area contributed by atoms with Crippen molar-refractivity contribution in [2.45, 2.75) is 50.2 Å². The van der Waals surface area contributed by atoms with Crippen molar-refractivity contribution in [2.75, 3.05) is 11.4 Å². The van der Waals surface area contributed by atoms with Crippen molar-refractivity contribution >= 4 is 21.6 Å². The summed E-state index contributed by atoms with van der Waals surface area (Å²) in [5, 5.41) is 0.438. The maximum atomic E-state index is 13.3. The number of rotatable bonds is 3. The lowest BCUT2D eigenvalue weighted by Crippen LogP contribution is -2.40. The van der Waals surface area contributed by atoms with Gasteiger partial charge < -0.3 is 4.90 Å². The van der Waals surface area contributed by atoms with Gasteiger partial charge in [0.15, 0.2) is 0 Å². The Bertz CT molecular complexity index is 459. The summed E-state index contributed by atoms with van der Waals surface area (Å²) in [5.41, 5.74) is 0.495. The number of nitrogens with zero attached hydrogens (tertiary/aromatic N) is 1. The van der Waals surface area contributed by atoms with E-state index in [0.717, 1.165) is 32.2 Å². The summed E-state index contributed by atoms with van der Waals surface area (Å²) in [6.07, 6.45) is -0.363. The van der Waals surface area contributed by atoms with Crippen LogP contribution in [-0.2, 0) is 11.5 Å². The molecule has 0 bridgehead atoms. The van der Waals surface area contributed by atoms with Crippen molar-refractivity contribution in [2.24, 2.45) is 0 Å². The molecule has 5 heteroatoms. The predicted octanol–water partition coefficient (Wildman–Crippen LogP) is 5.37. The summed E-state index contributed by atoms with van der Waals surface area (Å²) < 4.78 is 39.9. The molecule has 0 N–H and O–H groups in total. The van der Waals surface area contributed by atoms with E-state index in [0.29, 0.717) is 16.6 Å². The summed E-state index contributed by atoms with van der Waals surface area (Å²) in [5.74, 6) is 0. The Labute approximate surface area is 126 Å². The zero-order valence-electron chi connectivity index (χ0n) is 11.5. The van der Waals surface area contributed by atoms with Gasteiger partial charge in [0.05, 0.1) is 5.56 Å². The molecule has 1 nitrogen and oxygen atoms in total. The molecule has 2 rings (SSSR count). The van der Waals surface area contributed by atoms with Crippen LogP contribution in [0, 0.1) is 0 Å². The van der Waals surface area contributed by atoms with Gasteiger partial charge in [-0.1, -0.05) is 28.9 Å². The van der Waals surface area contributed by atoms with Crippen LogP contribution >= 0.6 is 15.9 Å². The molecule has 112 valence electrons. The minimum Gasteiger partial charge on any atom is -0.368 e. The van der Waals surface area contributed by atoms with Crippen LogP contribution < -0.4 is 4.90 Å². The van der Waals surface area contributed by atoms with E-state index in [-0.39, 0.29) is 6.04 Å². The van der Waals surface area contributed by atoms with E-state index in [1.165, 1.54) is 6.07 Å². The van der Waals surface area contributed by atoms with E-state index in [2.05, 4.69) is 15.9 Å². The van der Waals surface area contributed by atoms with Crippen molar-refractivity contribution in [1.82, 2.24) is 0 Å². The second-order valence-corrected chi connectivity index (χ2v) is 5.79. The number of piperidine rings is 1. The monoisotopic (exact) mass is 349 g/mol. The minimum atomic E-state index is -4.30. The highest BCUT2D eigenvalue weighted by atomic mass is 79.9. The first-order valence-corrected chi connectivity index (χ1v) is 8.12. The Hall–Kier alpha value is -0.710. The zero-order valence-corrected chi connectivity index (χ0v) is 13.1. The van der Waals surface area contributed by atoms with Crippen LogP contribution in [0.2, 0.25) is 0 Å². The van der Waals surface area contributed by atoms with Crippen LogP contribution in [0.4, 0.5) is 18.9 Å². The van der Waals surface area contributed by atoms with Gasteiger partial charge in [0.2, 0.25) is 0 Å². The first kappa shape index (κ1) is 15.7. The summed E-state index contributed by atoms with van der Waals surface area (Å²) in [7, 11) is 0. The van der Waals surface area contributed by atoms with Crippen LogP contribution in [0.25, 0.3) is 0 Å². The van der Waals surface area contributed by atoms with Crippen molar-refractivity contribution in [3.8, 4) is 0 Å². The molecule has 0 saturated carbocycles. The maximum Gasteiger partial charge on any atom is 0.418 e. The largest absolute Gasteiger partial charge is 0.418 e. The van der Waals surface area contributed by atoms with Crippen molar-refractivity contribution < 1.29 is 13.2 Å². The van der Waals surface area contributed by atoms with Crippen molar-refractivity contribution in [1.29, 1.82) is 0 Å². The average Bonchev–Trinajstić information content (AvgIpc) is 2.45. The molecule has 1 unspecified atom stereocenters. The topological polar surface area (TPSA) is 3.24 Å². The second-order valence-electron chi connectivity index (χ2n) is 5.23. The van der Waals surface area contributed by atoms with E-state index in [9.17, 15) is 13.2 Å². The van der Waals surface area contributed by atoms with Gasteiger partial charge in [0, 0.05) is 23.6 Å². The van der Waals surface area contributed by atoms with Gasteiger partial charge in [0.1, 0.15) is 0 Å². The van der Waals surface area contributed by atoms with Gasteiger partial charge in [-0.15, -0.1) is 0 Å². The van der Waals surface area contributed by atoms with E-state index in [4.69, 9.17) is 0 Å². The zero-order chi connectivity index (χ0) is 14.8. The lowest BCUT2D eigenvalue weighted by atomic mass is 9.97. The summed E-state index contributed by atoms with van der Waals surface area (Å²) in [4.78, 5) is 1.95. The van der Waals surface area contributed by atoms with Crippen molar-refractivity contribution in [3.05, 3.63) is 29.3 Å². The van der Waals surface area contributed by atoms with Crippen LogP contribution in [0.15, 0.2) is 18.2 Å². The first-order valence-electron chi connectivity index (χ1n) is 7.00. The molecular weight excluding hydrogens is 331 g/mol. The van der Waals surface area contributed by atoms with Crippen molar-refractivity contribution in [3.63, 3.8) is 0 Å². The molecule has 0 amide bonds. The van der Waals surface area contributed by atoms with Crippen LogP contribution in [0.1, 0.15) is 43.7 Å². The average molecular weight is 350 g/mol. The van der Waals surface area contributed by atoms with Gasteiger partial charge in [-0.05, 0) is 43.4 Å². The first-order chi connectivity index (χ1) is 9.47. The summed E-state index contributed by atoms with van der Waals surface area (Å²) >= 11 is 3.22. The van der Waals surface area contributed by atoms with Gasteiger partial charge in [-0.25, -0.2) is 0 Å². The highest BCUT2D eigenvalue weighted by Gasteiger charge is 2.36. The number of hydrogen-bond donors (Lipinski definition) is 0. The maximum absolute atomic E-state index is 13.3.